The zero-order chi connectivity index (χ0) is 18.6. The average molecular weight is 379 g/mol. The van der Waals surface area contributed by atoms with Gasteiger partial charge in [-0.1, -0.05) is 63.1 Å². The maximum Gasteiger partial charge on any atom is 0.0493 e. The predicted molar refractivity (Wildman–Crippen MR) is 120 cm³/mol. The number of benzene rings is 2. The molecule has 2 heteroatoms. The fraction of sp³-hybridized carbons (Fsp3) is 0.333. The molecule has 0 N–H and O–H groups in total. The van der Waals surface area contributed by atoms with Crippen molar-refractivity contribution in [1.29, 1.82) is 0 Å². The highest BCUT2D eigenvalue weighted by atomic mass is 32.1. The lowest BCUT2D eigenvalue weighted by Crippen LogP contribution is -1.92. The molecule has 2 aromatic carbocycles. The molecule has 0 amide bonds. The summed E-state index contributed by atoms with van der Waals surface area (Å²) in [5, 5.41) is 2.90. The van der Waals surface area contributed by atoms with Gasteiger partial charge in [0.1, 0.15) is 0 Å². The SMILES string of the molecule is Cc1ccc2sc(-c3sc4ccc(C)cc4c3C(C)C)c(C(C)C)c2c1. The summed E-state index contributed by atoms with van der Waals surface area (Å²) in [5.74, 6) is 1.04. The minimum absolute atomic E-state index is 0.521. The van der Waals surface area contributed by atoms with Crippen LogP contribution in [0.3, 0.4) is 0 Å². The van der Waals surface area contributed by atoms with Crippen LogP contribution in [0.5, 0.6) is 0 Å². The number of fused-ring (bicyclic) bond motifs is 2. The van der Waals surface area contributed by atoms with Crippen molar-refractivity contribution in [2.24, 2.45) is 0 Å². The number of rotatable bonds is 3. The molecule has 0 radical (unpaired) electrons. The van der Waals surface area contributed by atoms with E-state index < -0.39 is 0 Å². The van der Waals surface area contributed by atoms with E-state index >= 15 is 0 Å². The Labute approximate surface area is 164 Å². The Morgan fingerprint density at radius 3 is 1.35 bits per heavy atom. The van der Waals surface area contributed by atoms with Gasteiger partial charge in [0.2, 0.25) is 0 Å². The van der Waals surface area contributed by atoms with Crippen LogP contribution in [0.25, 0.3) is 29.9 Å². The third-order valence-electron chi connectivity index (χ3n) is 5.12. The molecule has 26 heavy (non-hydrogen) atoms. The Hall–Kier alpha value is -1.64. The molecule has 2 aromatic heterocycles. The lowest BCUT2D eigenvalue weighted by Gasteiger charge is -2.12. The van der Waals surface area contributed by atoms with Gasteiger partial charge in [0, 0.05) is 19.2 Å². The second-order valence-corrected chi connectivity index (χ2v) is 10.1. The molecule has 0 saturated heterocycles. The number of aryl methyl sites for hydroxylation is 2. The highest BCUT2D eigenvalue weighted by Gasteiger charge is 2.23. The summed E-state index contributed by atoms with van der Waals surface area (Å²) in [6.45, 7) is 13.7. The molecule has 4 rings (SSSR count). The molecular formula is C24H26S2. The molecule has 0 fully saturated rings. The molecule has 0 atom stereocenters. The van der Waals surface area contributed by atoms with Gasteiger partial charge < -0.3 is 0 Å². The third-order valence-corrected chi connectivity index (χ3v) is 7.66. The zero-order valence-corrected chi connectivity index (χ0v) is 18.1. The molecule has 0 aliphatic carbocycles. The van der Waals surface area contributed by atoms with Crippen molar-refractivity contribution in [2.45, 2.75) is 53.4 Å². The van der Waals surface area contributed by atoms with Crippen LogP contribution in [0.15, 0.2) is 36.4 Å². The average Bonchev–Trinajstić information content (AvgIpc) is 3.11. The van der Waals surface area contributed by atoms with E-state index in [1.54, 1.807) is 0 Å². The monoisotopic (exact) mass is 378 g/mol. The van der Waals surface area contributed by atoms with Crippen LogP contribution in [0.1, 0.15) is 61.8 Å². The molecule has 0 aliphatic heterocycles. The van der Waals surface area contributed by atoms with Crippen LogP contribution in [-0.2, 0) is 0 Å². The third kappa shape index (κ3) is 2.80. The lowest BCUT2D eigenvalue weighted by atomic mass is 9.93. The van der Waals surface area contributed by atoms with E-state index in [1.165, 1.54) is 52.2 Å². The normalized spacial score (nSPS) is 12.2. The minimum Gasteiger partial charge on any atom is -0.134 e. The van der Waals surface area contributed by atoms with Crippen molar-refractivity contribution in [3.63, 3.8) is 0 Å². The second-order valence-electron chi connectivity index (χ2n) is 8.00. The van der Waals surface area contributed by atoms with Crippen molar-refractivity contribution in [3.05, 3.63) is 58.7 Å². The fourth-order valence-electron chi connectivity index (χ4n) is 3.94. The van der Waals surface area contributed by atoms with Crippen LogP contribution in [0, 0.1) is 13.8 Å². The molecular weight excluding hydrogens is 352 g/mol. The smallest absolute Gasteiger partial charge is 0.0493 e. The topological polar surface area (TPSA) is 0 Å². The maximum absolute atomic E-state index is 2.37. The van der Waals surface area contributed by atoms with Crippen LogP contribution in [0.4, 0.5) is 0 Å². The van der Waals surface area contributed by atoms with Crippen LogP contribution >= 0.6 is 22.7 Å². The van der Waals surface area contributed by atoms with Gasteiger partial charge >= 0.3 is 0 Å². The maximum atomic E-state index is 2.37. The zero-order valence-electron chi connectivity index (χ0n) is 16.4. The Morgan fingerprint density at radius 2 is 1.00 bits per heavy atom. The Balaban J connectivity index is 2.10. The van der Waals surface area contributed by atoms with Gasteiger partial charge in [-0.05, 0) is 59.7 Å². The fourth-order valence-corrected chi connectivity index (χ4v) is 6.78. The van der Waals surface area contributed by atoms with Crippen molar-refractivity contribution in [3.8, 4) is 9.75 Å². The largest absolute Gasteiger partial charge is 0.134 e. The second kappa shape index (κ2) is 6.51. The molecule has 4 aromatic rings. The molecule has 0 spiro atoms. The quantitative estimate of drug-likeness (QED) is 0.334. The Kier molecular flexibility index (Phi) is 4.45. The predicted octanol–water partition coefficient (Wildman–Crippen LogP) is 8.65. The van der Waals surface area contributed by atoms with E-state index in [4.69, 9.17) is 0 Å². The standard InChI is InChI=1S/C24H26S2/c1-13(2)21-17-11-15(5)7-9-19(17)25-23(21)24-22(14(3)4)18-12-16(6)8-10-20(18)26-24/h7-14H,1-6H3. The lowest BCUT2D eigenvalue weighted by molar-refractivity contribution is 0.873. The Bertz CT molecular complexity index is 1020. The molecule has 0 nitrogen and oxygen atoms in total. The van der Waals surface area contributed by atoms with Crippen LogP contribution < -0.4 is 0 Å². The van der Waals surface area contributed by atoms with E-state index in [2.05, 4.69) is 77.9 Å². The molecule has 0 saturated carbocycles. The molecule has 2 heterocycles. The van der Waals surface area contributed by atoms with Crippen LogP contribution in [0.2, 0.25) is 0 Å². The first-order valence-electron chi connectivity index (χ1n) is 9.43. The van der Waals surface area contributed by atoms with Gasteiger partial charge in [0.15, 0.2) is 0 Å². The highest BCUT2D eigenvalue weighted by Crippen LogP contribution is 2.50. The van der Waals surface area contributed by atoms with Gasteiger partial charge in [0.05, 0.1) is 0 Å². The van der Waals surface area contributed by atoms with E-state index in [-0.39, 0.29) is 0 Å². The summed E-state index contributed by atoms with van der Waals surface area (Å²) in [6, 6.07) is 13.8. The van der Waals surface area contributed by atoms with Crippen molar-refractivity contribution < 1.29 is 0 Å². The van der Waals surface area contributed by atoms with E-state index in [0.29, 0.717) is 11.8 Å². The molecule has 0 aliphatic rings. The van der Waals surface area contributed by atoms with Crippen LogP contribution in [-0.4, -0.2) is 0 Å². The minimum atomic E-state index is 0.521. The van der Waals surface area contributed by atoms with E-state index in [1.807, 2.05) is 22.7 Å². The van der Waals surface area contributed by atoms with Gasteiger partial charge in [-0.15, -0.1) is 22.7 Å². The number of thiophene rings is 2. The summed E-state index contributed by atoms with van der Waals surface area (Å²) in [5.41, 5.74) is 5.75. The van der Waals surface area contributed by atoms with Crippen molar-refractivity contribution in [1.82, 2.24) is 0 Å². The summed E-state index contributed by atoms with van der Waals surface area (Å²) >= 11 is 3.95. The van der Waals surface area contributed by atoms with Gasteiger partial charge in [-0.25, -0.2) is 0 Å². The number of hydrogen-bond acceptors (Lipinski definition) is 2. The summed E-state index contributed by atoms with van der Waals surface area (Å²) in [7, 11) is 0. The molecule has 134 valence electrons. The summed E-state index contributed by atoms with van der Waals surface area (Å²) in [6.07, 6.45) is 0. The highest BCUT2D eigenvalue weighted by molar-refractivity contribution is 7.28. The summed E-state index contributed by atoms with van der Waals surface area (Å²) < 4.78 is 2.83. The van der Waals surface area contributed by atoms with Crippen molar-refractivity contribution in [2.75, 3.05) is 0 Å². The first kappa shape index (κ1) is 17.8. The Morgan fingerprint density at radius 1 is 0.615 bits per heavy atom. The van der Waals surface area contributed by atoms with E-state index in [9.17, 15) is 0 Å². The summed E-state index contributed by atoms with van der Waals surface area (Å²) in [4.78, 5) is 2.98. The van der Waals surface area contributed by atoms with E-state index in [0.717, 1.165) is 0 Å². The van der Waals surface area contributed by atoms with Gasteiger partial charge in [0.25, 0.3) is 0 Å². The van der Waals surface area contributed by atoms with Crippen molar-refractivity contribution >= 4 is 42.8 Å². The van der Waals surface area contributed by atoms with Gasteiger partial charge in [-0.2, -0.15) is 0 Å². The molecule has 0 bridgehead atoms. The number of hydrogen-bond donors (Lipinski definition) is 0. The first-order valence-corrected chi connectivity index (χ1v) is 11.1. The van der Waals surface area contributed by atoms with Gasteiger partial charge in [-0.3, -0.25) is 0 Å². The molecule has 0 unspecified atom stereocenters. The first-order chi connectivity index (χ1) is 12.4.